The van der Waals surface area contributed by atoms with Crippen LogP contribution >= 0.6 is 0 Å². The average Bonchev–Trinajstić information content (AvgIpc) is 2.27. The zero-order valence-corrected chi connectivity index (χ0v) is 15.6. The molecule has 0 aliphatic rings. The second kappa shape index (κ2) is 5.67. The number of aryl methyl sites for hydroxylation is 1. The molecule has 1 aromatic carbocycles. The van der Waals surface area contributed by atoms with Gasteiger partial charge in [-0.15, -0.1) is 19.4 Å². The summed E-state index contributed by atoms with van der Waals surface area (Å²) in [6, 6.07) is 8.41. The van der Waals surface area contributed by atoms with E-state index < -0.39 is 0 Å². The second-order valence-electron chi connectivity index (χ2n) is 6.23. The van der Waals surface area contributed by atoms with Crippen LogP contribution in [0.25, 0.3) is 10.9 Å². The molecule has 0 aliphatic carbocycles. The summed E-state index contributed by atoms with van der Waals surface area (Å²) >= 11 is 0. The van der Waals surface area contributed by atoms with Crippen molar-refractivity contribution in [2.75, 3.05) is 0 Å². The van der Waals surface area contributed by atoms with Gasteiger partial charge in [-0.3, -0.25) is 4.98 Å². The van der Waals surface area contributed by atoms with Gasteiger partial charge in [0, 0.05) is 21.1 Å². The Morgan fingerprint density at radius 3 is 2.16 bits per heavy atom. The molecular weight excluding hydrogens is 402 g/mol. The van der Waals surface area contributed by atoms with Gasteiger partial charge >= 0.3 is 0 Å². The van der Waals surface area contributed by atoms with Crippen molar-refractivity contribution in [1.29, 1.82) is 0 Å². The Kier molecular flexibility index (Phi) is 4.85. The first-order valence-electron chi connectivity index (χ1n) is 6.52. The number of pyridine rings is 1. The van der Waals surface area contributed by atoms with Crippen molar-refractivity contribution in [1.82, 2.24) is 4.98 Å². The number of benzene rings is 1. The largest absolute Gasteiger partial charge is 0.286 e. The summed E-state index contributed by atoms with van der Waals surface area (Å²) in [4.78, 5) is 4.86. The Bertz CT molecular complexity index is 580. The summed E-state index contributed by atoms with van der Waals surface area (Å²) in [7, 11) is 0. The van der Waals surface area contributed by atoms with E-state index >= 15 is 0 Å². The maximum Gasteiger partial charge on any atom is 0.0659 e. The molecule has 2 aromatic rings. The Morgan fingerprint density at radius 1 is 1.05 bits per heavy atom. The van der Waals surface area contributed by atoms with Crippen LogP contribution in [0.2, 0.25) is 0 Å². The standard InChI is InChI=1S/C17H22N.W/c1-11(2)16-15(17(4,5)6)12(3)13-9-7-8-10-14(13)18-16;/h7-10H,1-6H3;/q-1;. The SMILES string of the molecule is Cc1c(C(C)(C)C)c([C-](C)C)nc2ccccc12.[W]. The summed E-state index contributed by atoms with van der Waals surface area (Å²) in [6.45, 7) is 13.3. The van der Waals surface area contributed by atoms with Gasteiger partial charge in [0.1, 0.15) is 0 Å². The molecule has 0 atom stereocenters. The van der Waals surface area contributed by atoms with Crippen LogP contribution in [-0.2, 0) is 26.5 Å². The Morgan fingerprint density at radius 2 is 1.63 bits per heavy atom. The molecule has 1 nitrogen and oxygen atoms in total. The minimum atomic E-state index is 0. The van der Waals surface area contributed by atoms with E-state index in [2.05, 4.69) is 65.8 Å². The fourth-order valence-electron chi connectivity index (χ4n) is 2.66. The molecule has 0 bridgehead atoms. The van der Waals surface area contributed by atoms with Crippen molar-refractivity contribution in [3.63, 3.8) is 0 Å². The van der Waals surface area contributed by atoms with Gasteiger partial charge in [-0.05, 0) is 11.5 Å². The summed E-state index contributed by atoms with van der Waals surface area (Å²) in [6.07, 6.45) is 0. The summed E-state index contributed by atoms with van der Waals surface area (Å²) in [5, 5.41) is 1.27. The smallest absolute Gasteiger partial charge is 0.0659 e. The van der Waals surface area contributed by atoms with E-state index in [1.165, 1.54) is 28.1 Å². The van der Waals surface area contributed by atoms with Gasteiger partial charge in [-0.2, -0.15) is 11.5 Å². The third-order valence-corrected chi connectivity index (χ3v) is 3.38. The molecule has 1 heterocycles. The summed E-state index contributed by atoms with van der Waals surface area (Å²) < 4.78 is 0. The van der Waals surface area contributed by atoms with Crippen LogP contribution in [0.1, 0.15) is 51.4 Å². The van der Waals surface area contributed by atoms with Gasteiger partial charge in [0.25, 0.3) is 0 Å². The Labute approximate surface area is 131 Å². The third-order valence-electron chi connectivity index (χ3n) is 3.38. The van der Waals surface area contributed by atoms with Crippen LogP contribution in [-0.4, -0.2) is 4.98 Å². The predicted octanol–water partition coefficient (Wildman–Crippen LogP) is 4.80. The molecule has 2 heteroatoms. The molecule has 2 rings (SSSR count). The maximum absolute atomic E-state index is 4.86. The van der Waals surface area contributed by atoms with Gasteiger partial charge in [0.2, 0.25) is 0 Å². The summed E-state index contributed by atoms with van der Waals surface area (Å²) in [5.41, 5.74) is 5.12. The van der Waals surface area contributed by atoms with Crippen LogP contribution in [0.5, 0.6) is 0 Å². The van der Waals surface area contributed by atoms with Crippen LogP contribution < -0.4 is 0 Å². The number of hydrogen-bond donors (Lipinski definition) is 0. The molecule has 102 valence electrons. The van der Waals surface area contributed by atoms with E-state index in [4.69, 9.17) is 4.98 Å². The third kappa shape index (κ3) is 3.03. The number of fused-ring (bicyclic) bond motifs is 1. The van der Waals surface area contributed by atoms with Crippen LogP contribution in [0.15, 0.2) is 24.3 Å². The van der Waals surface area contributed by atoms with E-state index in [1.807, 2.05) is 0 Å². The topological polar surface area (TPSA) is 12.9 Å². The van der Waals surface area contributed by atoms with Crippen molar-refractivity contribution in [2.45, 2.75) is 47.0 Å². The molecule has 0 saturated heterocycles. The van der Waals surface area contributed by atoms with E-state index in [-0.39, 0.29) is 26.5 Å². The minimum Gasteiger partial charge on any atom is -0.286 e. The van der Waals surface area contributed by atoms with E-state index in [1.54, 1.807) is 0 Å². The predicted molar refractivity (Wildman–Crippen MR) is 78.9 cm³/mol. The monoisotopic (exact) mass is 424 g/mol. The van der Waals surface area contributed by atoms with E-state index in [0.717, 1.165) is 5.52 Å². The normalized spacial score (nSPS) is 11.3. The van der Waals surface area contributed by atoms with E-state index in [9.17, 15) is 0 Å². The molecule has 0 N–H and O–H groups in total. The van der Waals surface area contributed by atoms with Gasteiger partial charge in [-0.25, -0.2) is 0 Å². The second-order valence-corrected chi connectivity index (χ2v) is 6.23. The number of rotatable bonds is 1. The van der Waals surface area contributed by atoms with Crippen LogP contribution in [0.3, 0.4) is 0 Å². The van der Waals surface area contributed by atoms with Crippen molar-refractivity contribution < 1.29 is 21.1 Å². The Hall–Kier alpha value is -0.812. The summed E-state index contributed by atoms with van der Waals surface area (Å²) in [5.74, 6) is 1.29. The number of nitrogens with zero attached hydrogens (tertiary/aromatic N) is 1. The van der Waals surface area contributed by atoms with Crippen molar-refractivity contribution in [3.8, 4) is 0 Å². The van der Waals surface area contributed by atoms with Crippen molar-refractivity contribution in [2.24, 2.45) is 0 Å². The van der Waals surface area contributed by atoms with Gasteiger partial charge in [-0.1, -0.05) is 57.0 Å². The molecule has 0 aliphatic heterocycles. The number of aromatic nitrogens is 1. The first kappa shape index (κ1) is 16.2. The van der Waals surface area contributed by atoms with Crippen molar-refractivity contribution in [3.05, 3.63) is 47.0 Å². The van der Waals surface area contributed by atoms with Crippen LogP contribution in [0, 0.1) is 12.8 Å². The molecule has 0 saturated carbocycles. The molecular formula is C17H22NW-. The van der Waals surface area contributed by atoms with Gasteiger partial charge < -0.3 is 0 Å². The molecule has 1 aromatic heterocycles. The number of para-hydroxylation sites is 1. The fraction of sp³-hybridized carbons (Fsp3) is 0.412. The first-order chi connectivity index (χ1) is 8.32. The van der Waals surface area contributed by atoms with Crippen LogP contribution in [0.4, 0.5) is 0 Å². The maximum atomic E-state index is 4.86. The van der Waals surface area contributed by atoms with Gasteiger partial charge in [0.15, 0.2) is 0 Å². The minimum absolute atomic E-state index is 0. The molecule has 19 heavy (non-hydrogen) atoms. The number of hydrogen-bond acceptors (Lipinski definition) is 1. The fourth-order valence-corrected chi connectivity index (χ4v) is 2.66. The molecule has 0 unspecified atom stereocenters. The van der Waals surface area contributed by atoms with E-state index in [0.29, 0.717) is 0 Å². The molecule has 0 amide bonds. The average molecular weight is 424 g/mol. The molecule has 0 fully saturated rings. The quantitative estimate of drug-likeness (QED) is 0.600. The Balaban J connectivity index is 0.00000180. The molecule has 0 radical (unpaired) electrons. The molecule has 0 spiro atoms. The first-order valence-corrected chi connectivity index (χ1v) is 6.52. The van der Waals surface area contributed by atoms with Crippen molar-refractivity contribution >= 4 is 10.9 Å². The zero-order chi connectivity index (χ0) is 13.5. The zero-order valence-electron chi connectivity index (χ0n) is 12.7. The van der Waals surface area contributed by atoms with Gasteiger partial charge in [0.05, 0.1) is 5.52 Å².